The average Bonchev–Trinajstić information content (AvgIpc) is 3.28. The third kappa shape index (κ3) is 3.32. The van der Waals surface area contributed by atoms with Crippen molar-refractivity contribution in [1.82, 2.24) is 15.1 Å². The summed E-state index contributed by atoms with van der Waals surface area (Å²) >= 11 is 0. The molecule has 0 radical (unpaired) electrons. The summed E-state index contributed by atoms with van der Waals surface area (Å²) in [6.45, 7) is 1.23. The van der Waals surface area contributed by atoms with E-state index in [0.29, 0.717) is 22.6 Å². The van der Waals surface area contributed by atoms with Crippen molar-refractivity contribution >= 4 is 17.8 Å². The highest BCUT2D eigenvalue weighted by molar-refractivity contribution is 6.09. The van der Waals surface area contributed by atoms with Gasteiger partial charge in [0.1, 0.15) is 17.9 Å². The molecule has 2 aromatic carbocycles. The first kappa shape index (κ1) is 19.7. The monoisotopic (exact) mass is 413 g/mol. The third-order valence-electron chi connectivity index (χ3n) is 5.31. The minimum atomic E-state index is -1.34. The number of ether oxygens (including phenoxy) is 2. The number of rotatable bonds is 5. The van der Waals surface area contributed by atoms with Crippen molar-refractivity contribution in [2.75, 3.05) is 20.4 Å². The van der Waals surface area contributed by atoms with Gasteiger partial charge in [-0.15, -0.1) is 0 Å². The number of amides is 4. The van der Waals surface area contributed by atoms with Crippen LogP contribution in [-0.4, -0.2) is 48.0 Å². The predicted molar refractivity (Wildman–Crippen MR) is 103 cm³/mol. The summed E-state index contributed by atoms with van der Waals surface area (Å²) in [6, 6.07) is 10.4. The number of halogens is 1. The minimum Gasteiger partial charge on any atom is -0.454 e. The van der Waals surface area contributed by atoms with Crippen LogP contribution in [0.3, 0.4) is 0 Å². The second kappa shape index (κ2) is 7.33. The smallest absolute Gasteiger partial charge is 0.325 e. The van der Waals surface area contributed by atoms with Crippen LogP contribution in [0.25, 0.3) is 0 Å². The lowest BCUT2D eigenvalue weighted by molar-refractivity contribution is -0.138. The van der Waals surface area contributed by atoms with Crippen LogP contribution >= 0.6 is 0 Å². The third-order valence-corrected chi connectivity index (χ3v) is 5.31. The molecule has 2 aliphatic rings. The molecule has 0 unspecified atom stereocenters. The van der Waals surface area contributed by atoms with Gasteiger partial charge in [0.2, 0.25) is 12.7 Å². The van der Waals surface area contributed by atoms with Gasteiger partial charge in [0, 0.05) is 19.2 Å². The SMILES string of the molecule is CN(Cc1ccccc1F)C(=O)CN1C(=O)N[C@@](C)(c2ccc3c(c2)OCO3)C1=O. The molecule has 0 aliphatic carbocycles. The number of fused-ring (bicyclic) bond motifs is 1. The van der Waals surface area contributed by atoms with E-state index in [2.05, 4.69) is 5.32 Å². The number of urea groups is 1. The summed E-state index contributed by atoms with van der Waals surface area (Å²) < 4.78 is 24.5. The zero-order valence-electron chi connectivity index (χ0n) is 16.5. The number of hydrogen-bond donors (Lipinski definition) is 1. The number of nitrogens with one attached hydrogen (secondary N) is 1. The highest BCUT2D eigenvalue weighted by Crippen LogP contribution is 2.37. The maximum absolute atomic E-state index is 13.8. The molecule has 0 saturated carbocycles. The summed E-state index contributed by atoms with van der Waals surface area (Å²) in [7, 11) is 1.49. The standard InChI is InChI=1S/C21H20FN3O5/c1-21(14-7-8-16-17(9-14)30-12-29-16)19(27)25(20(28)23-21)11-18(26)24(2)10-13-5-3-4-6-15(13)22/h3-9H,10-12H2,1-2H3,(H,23,28)/t21-/m0/s1. The molecule has 1 fully saturated rings. The van der Waals surface area contributed by atoms with E-state index in [1.165, 1.54) is 18.0 Å². The number of imide groups is 1. The molecule has 9 heteroatoms. The van der Waals surface area contributed by atoms with Crippen molar-refractivity contribution in [1.29, 1.82) is 0 Å². The van der Waals surface area contributed by atoms with E-state index in [0.717, 1.165) is 4.90 Å². The van der Waals surface area contributed by atoms with Gasteiger partial charge in [0.25, 0.3) is 5.91 Å². The molecule has 156 valence electrons. The Bertz CT molecular complexity index is 1040. The van der Waals surface area contributed by atoms with Crippen molar-refractivity contribution in [2.45, 2.75) is 19.0 Å². The van der Waals surface area contributed by atoms with E-state index >= 15 is 0 Å². The molecule has 4 rings (SSSR count). The van der Waals surface area contributed by atoms with Crippen LogP contribution in [0.2, 0.25) is 0 Å². The maximum Gasteiger partial charge on any atom is 0.325 e. The van der Waals surface area contributed by atoms with Crippen LogP contribution in [0.5, 0.6) is 11.5 Å². The zero-order valence-corrected chi connectivity index (χ0v) is 16.5. The van der Waals surface area contributed by atoms with Crippen molar-refractivity contribution < 1.29 is 28.2 Å². The summed E-state index contributed by atoms with van der Waals surface area (Å²) in [5.74, 6) is -0.436. The molecule has 0 spiro atoms. The molecule has 1 atom stereocenters. The molecule has 1 N–H and O–H groups in total. The first-order chi connectivity index (χ1) is 14.3. The van der Waals surface area contributed by atoms with Crippen molar-refractivity contribution in [3.63, 3.8) is 0 Å². The summed E-state index contributed by atoms with van der Waals surface area (Å²) in [5, 5.41) is 2.65. The Kier molecular flexibility index (Phi) is 4.81. The molecule has 2 aliphatic heterocycles. The fourth-order valence-corrected chi connectivity index (χ4v) is 3.47. The molecule has 0 aromatic heterocycles. The van der Waals surface area contributed by atoms with Gasteiger partial charge in [-0.05, 0) is 30.7 Å². The van der Waals surface area contributed by atoms with E-state index in [4.69, 9.17) is 9.47 Å². The van der Waals surface area contributed by atoms with Gasteiger partial charge in [0.05, 0.1) is 0 Å². The Morgan fingerprint density at radius 3 is 2.70 bits per heavy atom. The van der Waals surface area contributed by atoms with Crippen LogP contribution in [0, 0.1) is 5.82 Å². The molecule has 2 heterocycles. The van der Waals surface area contributed by atoms with Gasteiger partial charge >= 0.3 is 6.03 Å². The number of nitrogens with zero attached hydrogens (tertiary/aromatic N) is 2. The molecule has 4 amide bonds. The van der Waals surface area contributed by atoms with E-state index in [1.54, 1.807) is 43.3 Å². The number of benzene rings is 2. The van der Waals surface area contributed by atoms with Crippen LogP contribution in [-0.2, 0) is 21.7 Å². The molecule has 30 heavy (non-hydrogen) atoms. The predicted octanol–water partition coefficient (Wildman–Crippen LogP) is 1.98. The van der Waals surface area contributed by atoms with Crippen LogP contribution in [0.15, 0.2) is 42.5 Å². The number of carbonyl (C=O) groups is 3. The van der Waals surface area contributed by atoms with Gasteiger partial charge in [-0.25, -0.2) is 9.18 Å². The molecular formula is C21H20FN3O5. The van der Waals surface area contributed by atoms with Crippen LogP contribution < -0.4 is 14.8 Å². The molecule has 8 nitrogen and oxygen atoms in total. The Hall–Kier alpha value is -3.62. The Morgan fingerprint density at radius 2 is 1.93 bits per heavy atom. The van der Waals surface area contributed by atoms with E-state index in [-0.39, 0.29) is 13.3 Å². The summed E-state index contributed by atoms with van der Waals surface area (Å²) in [4.78, 5) is 40.3. The topological polar surface area (TPSA) is 88.2 Å². The number of carbonyl (C=O) groups excluding carboxylic acids is 3. The highest BCUT2D eigenvalue weighted by Gasteiger charge is 2.50. The Balaban J connectivity index is 1.48. The molecule has 1 saturated heterocycles. The van der Waals surface area contributed by atoms with E-state index in [9.17, 15) is 18.8 Å². The second-order valence-electron chi connectivity index (χ2n) is 7.36. The Morgan fingerprint density at radius 1 is 1.20 bits per heavy atom. The number of hydrogen-bond acceptors (Lipinski definition) is 5. The normalized spacial score (nSPS) is 19.8. The fraction of sp³-hybridized carbons (Fsp3) is 0.286. The largest absolute Gasteiger partial charge is 0.454 e. The number of likely N-dealkylation sites (N-methyl/N-ethyl adjacent to an activating group) is 1. The van der Waals surface area contributed by atoms with Gasteiger partial charge in [0.15, 0.2) is 11.5 Å². The molecular weight excluding hydrogens is 393 g/mol. The van der Waals surface area contributed by atoms with Gasteiger partial charge in [-0.2, -0.15) is 0 Å². The van der Waals surface area contributed by atoms with Crippen molar-refractivity contribution in [3.05, 3.63) is 59.4 Å². The fourth-order valence-electron chi connectivity index (χ4n) is 3.47. The lowest BCUT2D eigenvalue weighted by Gasteiger charge is -2.23. The maximum atomic E-state index is 13.8. The zero-order chi connectivity index (χ0) is 21.5. The molecule has 0 bridgehead atoms. The first-order valence-corrected chi connectivity index (χ1v) is 9.31. The summed E-state index contributed by atoms with van der Waals surface area (Å²) in [6.07, 6.45) is 0. The quantitative estimate of drug-likeness (QED) is 0.758. The average molecular weight is 413 g/mol. The molecule has 2 aromatic rings. The highest BCUT2D eigenvalue weighted by atomic mass is 19.1. The van der Waals surface area contributed by atoms with E-state index < -0.39 is 35.7 Å². The van der Waals surface area contributed by atoms with Crippen LogP contribution in [0.4, 0.5) is 9.18 Å². The van der Waals surface area contributed by atoms with Crippen LogP contribution in [0.1, 0.15) is 18.1 Å². The van der Waals surface area contributed by atoms with Crippen molar-refractivity contribution in [3.8, 4) is 11.5 Å². The first-order valence-electron chi connectivity index (χ1n) is 9.31. The lowest BCUT2D eigenvalue weighted by Crippen LogP contribution is -2.43. The van der Waals surface area contributed by atoms with Gasteiger partial charge < -0.3 is 19.7 Å². The Labute approximate surface area is 172 Å². The van der Waals surface area contributed by atoms with E-state index in [1.807, 2.05) is 0 Å². The van der Waals surface area contributed by atoms with Gasteiger partial charge in [-0.1, -0.05) is 24.3 Å². The summed E-state index contributed by atoms with van der Waals surface area (Å²) in [5.41, 5.74) is -0.488. The lowest BCUT2D eigenvalue weighted by atomic mass is 9.91. The van der Waals surface area contributed by atoms with Gasteiger partial charge in [-0.3, -0.25) is 14.5 Å². The van der Waals surface area contributed by atoms with Crippen molar-refractivity contribution in [2.24, 2.45) is 0 Å². The second-order valence-corrected chi connectivity index (χ2v) is 7.36. The minimum absolute atomic E-state index is 0.0224.